The third kappa shape index (κ3) is 5.36. The summed E-state index contributed by atoms with van der Waals surface area (Å²) in [7, 11) is 0. The van der Waals surface area contributed by atoms with Crippen LogP contribution in [0.1, 0.15) is 78.8 Å². The van der Waals surface area contributed by atoms with Crippen molar-refractivity contribution in [3.8, 4) is 0 Å². The number of imide groups is 2. The first-order valence-electron chi connectivity index (χ1n) is 13.1. The Labute approximate surface area is 225 Å². The van der Waals surface area contributed by atoms with Crippen molar-refractivity contribution >= 4 is 35.4 Å². The quantitative estimate of drug-likeness (QED) is 0.555. The van der Waals surface area contributed by atoms with Crippen LogP contribution in [-0.4, -0.2) is 74.0 Å². The van der Waals surface area contributed by atoms with Crippen LogP contribution >= 0.6 is 0 Å². The van der Waals surface area contributed by atoms with Gasteiger partial charge >= 0.3 is 6.09 Å². The molecule has 1 aromatic carbocycles. The number of nitrogens with zero attached hydrogens (tertiary/aromatic N) is 4. The molecule has 12 heteroatoms. The lowest BCUT2D eigenvalue weighted by molar-refractivity contribution is -0.136. The molecule has 0 unspecified atom stereocenters. The Balaban J connectivity index is 1.21. The number of aromatic nitrogens is 2. The van der Waals surface area contributed by atoms with Crippen molar-refractivity contribution in [2.75, 3.05) is 18.4 Å². The van der Waals surface area contributed by atoms with Gasteiger partial charge in [-0.2, -0.15) is 5.10 Å². The van der Waals surface area contributed by atoms with Gasteiger partial charge in [0.05, 0.1) is 23.4 Å². The highest BCUT2D eigenvalue weighted by molar-refractivity contribution is 6.25. The zero-order valence-electron chi connectivity index (χ0n) is 22.2. The minimum Gasteiger partial charge on any atom is -0.444 e. The van der Waals surface area contributed by atoms with Crippen LogP contribution in [0, 0.1) is 0 Å². The van der Waals surface area contributed by atoms with Crippen LogP contribution in [0.15, 0.2) is 30.6 Å². The molecule has 39 heavy (non-hydrogen) atoms. The Kier molecular flexibility index (Phi) is 6.87. The van der Waals surface area contributed by atoms with Crippen molar-refractivity contribution in [1.82, 2.24) is 24.9 Å². The maximum atomic E-state index is 13.3. The summed E-state index contributed by atoms with van der Waals surface area (Å²) in [4.78, 5) is 65.2. The maximum Gasteiger partial charge on any atom is 0.410 e. The van der Waals surface area contributed by atoms with Gasteiger partial charge in [-0.15, -0.1) is 0 Å². The predicted molar refractivity (Wildman–Crippen MR) is 139 cm³/mol. The largest absolute Gasteiger partial charge is 0.444 e. The molecular weight excluding hydrogens is 504 g/mol. The molecule has 1 atom stereocenters. The van der Waals surface area contributed by atoms with E-state index in [1.54, 1.807) is 29.3 Å². The fraction of sp³-hybridized carbons (Fsp3) is 0.481. The number of carbonyl (C=O) groups excluding carboxylic acids is 5. The number of carbonyl (C=O) groups is 5. The highest BCUT2D eigenvalue weighted by Gasteiger charge is 2.45. The number of amides is 5. The van der Waals surface area contributed by atoms with E-state index in [1.165, 1.54) is 0 Å². The zero-order valence-corrected chi connectivity index (χ0v) is 22.2. The van der Waals surface area contributed by atoms with Crippen molar-refractivity contribution in [3.05, 3.63) is 47.3 Å². The SMILES string of the molecule is CC(C)(C)OC(=O)N1CCC(n2cc(CNc3cccc4c3C(=O)N([C@H]3CCC(=O)NC3=O)C4=O)cn2)CC1. The van der Waals surface area contributed by atoms with Crippen LogP contribution < -0.4 is 10.6 Å². The number of ether oxygens (including phenoxy) is 1. The van der Waals surface area contributed by atoms with E-state index in [1.807, 2.05) is 31.6 Å². The minimum atomic E-state index is -1.01. The summed E-state index contributed by atoms with van der Waals surface area (Å²) < 4.78 is 7.37. The van der Waals surface area contributed by atoms with E-state index in [2.05, 4.69) is 15.7 Å². The summed E-state index contributed by atoms with van der Waals surface area (Å²) in [6.45, 7) is 7.09. The third-order valence-electron chi connectivity index (χ3n) is 7.10. The average Bonchev–Trinajstić information content (AvgIpc) is 3.45. The Morgan fingerprint density at radius 1 is 1.10 bits per heavy atom. The first kappa shape index (κ1) is 26.4. The molecule has 4 heterocycles. The molecule has 12 nitrogen and oxygen atoms in total. The van der Waals surface area contributed by atoms with Gasteiger partial charge in [0.25, 0.3) is 11.8 Å². The molecular formula is C27H32N6O6. The van der Waals surface area contributed by atoms with Gasteiger partial charge in [0.15, 0.2) is 0 Å². The molecule has 2 saturated heterocycles. The number of piperidine rings is 2. The second-order valence-electron chi connectivity index (χ2n) is 11.1. The van der Waals surface area contributed by atoms with E-state index >= 15 is 0 Å². The fourth-order valence-electron chi connectivity index (χ4n) is 5.17. The molecule has 5 amide bonds. The standard InChI is InChI=1S/C27H32N6O6/c1-27(2,3)39-26(38)31-11-9-17(10-12-31)32-15-16(14-29-32)13-28-19-6-4-5-18-22(19)25(37)33(24(18)36)20-7-8-21(34)30-23(20)35/h4-6,14-15,17,20,28H,7-13H2,1-3H3,(H,30,34,35)/t20-/m0/s1. The highest BCUT2D eigenvalue weighted by Crippen LogP contribution is 2.33. The lowest BCUT2D eigenvalue weighted by Crippen LogP contribution is -2.54. The zero-order chi connectivity index (χ0) is 27.9. The van der Waals surface area contributed by atoms with E-state index in [0.29, 0.717) is 25.3 Å². The molecule has 1 aromatic heterocycles. The number of nitrogens with one attached hydrogen (secondary N) is 2. The molecule has 2 fully saturated rings. The molecule has 3 aliphatic rings. The topological polar surface area (TPSA) is 143 Å². The van der Waals surface area contributed by atoms with E-state index in [-0.39, 0.29) is 36.1 Å². The van der Waals surface area contributed by atoms with E-state index < -0.39 is 35.3 Å². The number of hydrogen-bond acceptors (Lipinski definition) is 8. The summed E-state index contributed by atoms with van der Waals surface area (Å²) in [5.41, 5.74) is 1.29. The number of hydrogen-bond donors (Lipinski definition) is 2. The fourth-order valence-corrected chi connectivity index (χ4v) is 5.17. The van der Waals surface area contributed by atoms with Gasteiger partial charge in [0.2, 0.25) is 11.8 Å². The lowest BCUT2D eigenvalue weighted by Gasteiger charge is -2.33. The Morgan fingerprint density at radius 3 is 2.54 bits per heavy atom. The van der Waals surface area contributed by atoms with Crippen molar-refractivity contribution in [1.29, 1.82) is 0 Å². The predicted octanol–water partition coefficient (Wildman–Crippen LogP) is 2.47. The van der Waals surface area contributed by atoms with Gasteiger partial charge < -0.3 is 15.0 Å². The van der Waals surface area contributed by atoms with Crippen molar-refractivity contribution < 1.29 is 28.7 Å². The van der Waals surface area contributed by atoms with Crippen LogP contribution in [0.4, 0.5) is 10.5 Å². The van der Waals surface area contributed by atoms with Crippen LogP contribution in [0.2, 0.25) is 0 Å². The first-order valence-corrected chi connectivity index (χ1v) is 13.1. The van der Waals surface area contributed by atoms with Crippen LogP contribution in [0.25, 0.3) is 0 Å². The van der Waals surface area contributed by atoms with Gasteiger partial charge in [0, 0.05) is 43.5 Å². The van der Waals surface area contributed by atoms with Crippen LogP contribution in [0.3, 0.4) is 0 Å². The summed E-state index contributed by atoms with van der Waals surface area (Å²) in [6, 6.07) is 4.10. The Bertz CT molecular complexity index is 1340. The average molecular weight is 537 g/mol. The molecule has 0 spiro atoms. The molecule has 5 rings (SSSR count). The monoisotopic (exact) mass is 536 g/mol. The highest BCUT2D eigenvalue weighted by atomic mass is 16.6. The van der Waals surface area contributed by atoms with Gasteiger partial charge in [-0.25, -0.2) is 4.79 Å². The Morgan fingerprint density at radius 2 is 1.85 bits per heavy atom. The van der Waals surface area contributed by atoms with E-state index in [9.17, 15) is 24.0 Å². The summed E-state index contributed by atoms with van der Waals surface area (Å²) >= 11 is 0. The van der Waals surface area contributed by atoms with Crippen LogP contribution in [0.5, 0.6) is 0 Å². The number of benzene rings is 1. The van der Waals surface area contributed by atoms with Gasteiger partial charge in [-0.1, -0.05) is 6.07 Å². The van der Waals surface area contributed by atoms with E-state index in [0.717, 1.165) is 23.3 Å². The summed E-state index contributed by atoms with van der Waals surface area (Å²) in [5, 5.41) is 9.95. The molecule has 0 radical (unpaired) electrons. The molecule has 0 aliphatic carbocycles. The molecule has 0 bridgehead atoms. The number of likely N-dealkylation sites (tertiary alicyclic amines) is 1. The van der Waals surface area contributed by atoms with Crippen molar-refractivity contribution in [3.63, 3.8) is 0 Å². The normalized spacial score (nSPS) is 20.2. The number of rotatable bonds is 5. The molecule has 206 valence electrons. The van der Waals surface area contributed by atoms with Crippen molar-refractivity contribution in [2.45, 2.75) is 70.7 Å². The molecule has 0 saturated carbocycles. The maximum absolute atomic E-state index is 13.3. The lowest BCUT2D eigenvalue weighted by atomic mass is 10.0. The smallest absolute Gasteiger partial charge is 0.410 e. The first-order chi connectivity index (χ1) is 18.5. The molecule has 2 N–H and O–H groups in total. The van der Waals surface area contributed by atoms with Crippen molar-refractivity contribution in [2.24, 2.45) is 0 Å². The molecule has 3 aliphatic heterocycles. The van der Waals surface area contributed by atoms with E-state index in [4.69, 9.17) is 4.74 Å². The van der Waals surface area contributed by atoms with Gasteiger partial charge in [0.1, 0.15) is 11.6 Å². The van der Waals surface area contributed by atoms with Gasteiger partial charge in [-0.3, -0.25) is 34.1 Å². The summed E-state index contributed by atoms with van der Waals surface area (Å²) in [5.74, 6) is -2.15. The minimum absolute atomic E-state index is 0.0684. The summed E-state index contributed by atoms with van der Waals surface area (Å²) in [6.07, 6.45) is 5.07. The Hall–Kier alpha value is -4.22. The second-order valence-corrected chi connectivity index (χ2v) is 11.1. The number of anilines is 1. The van der Waals surface area contributed by atoms with Gasteiger partial charge in [-0.05, 0) is 52.2 Å². The third-order valence-corrected chi connectivity index (χ3v) is 7.10. The molecule has 2 aromatic rings. The second kappa shape index (κ2) is 10.2. The van der Waals surface area contributed by atoms with Crippen LogP contribution in [-0.2, 0) is 20.9 Å². The number of fused-ring (bicyclic) bond motifs is 1.